The largest absolute Gasteiger partial charge is 0.523 e. The van der Waals surface area contributed by atoms with E-state index in [4.69, 9.17) is 4.74 Å². The lowest BCUT2D eigenvalue weighted by Crippen LogP contribution is -2.35. The van der Waals surface area contributed by atoms with E-state index >= 15 is 0 Å². The van der Waals surface area contributed by atoms with Gasteiger partial charge in [0.1, 0.15) is 5.60 Å². The number of hydrogen-bond acceptors (Lipinski definition) is 4. The SMILES string of the molecule is O=S(=O)(OCCOC(c1ccccc1)(c1ccccc1)c1ccccc1)C(F)(F)F. The predicted octanol–water partition coefficient (Wildman–Crippen LogP) is 4.86. The van der Waals surface area contributed by atoms with Crippen LogP contribution in [0.3, 0.4) is 0 Å². The summed E-state index contributed by atoms with van der Waals surface area (Å²) in [6, 6.07) is 27.5. The summed E-state index contributed by atoms with van der Waals surface area (Å²) in [5.74, 6) is 0. The molecular weight excluding hydrogens is 417 g/mol. The molecule has 0 saturated heterocycles. The Bertz CT molecular complexity index is 941. The molecule has 0 amide bonds. The first-order valence-electron chi connectivity index (χ1n) is 9.03. The van der Waals surface area contributed by atoms with Crippen LogP contribution in [0.2, 0.25) is 0 Å². The number of benzene rings is 3. The minimum absolute atomic E-state index is 0.395. The normalized spacial score (nSPS) is 12.6. The zero-order chi connectivity index (χ0) is 21.7. The molecule has 3 rings (SSSR count). The maximum atomic E-state index is 12.5. The van der Waals surface area contributed by atoms with Gasteiger partial charge in [0, 0.05) is 0 Å². The lowest BCUT2D eigenvalue weighted by atomic mass is 9.80. The molecular formula is C22H19F3O4S. The highest BCUT2D eigenvalue weighted by atomic mass is 32.2. The summed E-state index contributed by atoms with van der Waals surface area (Å²) >= 11 is 0. The number of hydrogen-bond donors (Lipinski definition) is 0. The lowest BCUT2D eigenvalue weighted by molar-refractivity contribution is -0.0581. The van der Waals surface area contributed by atoms with Crippen molar-refractivity contribution in [1.82, 2.24) is 0 Å². The van der Waals surface area contributed by atoms with Crippen LogP contribution >= 0.6 is 0 Å². The minimum Gasteiger partial charge on any atom is -0.358 e. The fraction of sp³-hybridized carbons (Fsp3) is 0.182. The summed E-state index contributed by atoms with van der Waals surface area (Å²) in [5.41, 5.74) is -4.44. The third-order valence-electron chi connectivity index (χ3n) is 4.46. The summed E-state index contributed by atoms with van der Waals surface area (Å²) in [6.07, 6.45) is 0. The molecule has 0 aliphatic rings. The predicted molar refractivity (Wildman–Crippen MR) is 106 cm³/mol. The number of ether oxygens (including phenoxy) is 1. The van der Waals surface area contributed by atoms with E-state index in [-0.39, 0.29) is 0 Å². The summed E-state index contributed by atoms with van der Waals surface area (Å²) < 4.78 is 70.2. The molecule has 0 atom stereocenters. The van der Waals surface area contributed by atoms with Gasteiger partial charge < -0.3 is 4.74 Å². The van der Waals surface area contributed by atoms with Gasteiger partial charge in [-0.25, -0.2) is 0 Å². The highest BCUT2D eigenvalue weighted by molar-refractivity contribution is 7.87. The maximum absolute atomic E-state index is 12.5. The van der Waals surface area contributed by atoms with Gasteiger partial charge >= 0.3 is 15.6 Å². The van der Waals surface area contributed by atoms with E-state index in [1.165, 1.54) is 0 Å². The van der Waals surface area contributed by atoms with Gasteiger partial charge in [-0.05, 0) is 16.7 Å². The third kappa shape index (κ3) is 4.56. The fourth-order valence-electron chi connectivity index (χ4n) is 3.17. The van der Waals surface area contributed by atoms with Crippen LogP contribution in [0.4, 0.5) is 13.2 Å². The monoisotopic (exact) mass is 436 g/mol. The Morgan fingerprint density at radius 1 is 0.633 bits per heavy atom. The first-order valence-corrected chi connectivity index (χ1v) is 10.4. The Morgan fingerprint density at radius 2 is 1.00 bits per heavy atom. The Morgan fingerprint density at radius 3 is 1.33 bits per heavy atom. The molecule has 0 aromatic heterocycles. The number of alkyl halides is 3. The molecule has 0 aliphatic carbocycles. The maximum Gasteiger partial charge on any atom is 0.523 e. The quantitative estimate of drug-likeness (QED) is 0.219. The van der Waals surface area contributed by atoms with Crippen molar-refractivity contribution in [3.63, 3.8) is 0 Å². The van der Waals surface area contributed by atoms with Gasteiger partial charge in [-0.15, -0.1) is 0 Å². The van der Waals surface area contributed by atoms with E-state index in [1.807, 2.05) is 91.0 Å². The van der Waals surface area contributed by atoms with Gasteiger partial charge in [-0.2, -0.15) is 21.6 Å². The first kappa shape index (κ1) is 22.0. The van der Waals surface area contributed by atoms with Gasteiger partial charge in [-0.3, -0.25) is 4.18 Å². The van der Waals surface area contributed by atoms with E-state index < -0.39 is 34.4 Å². The smallest absolute Gasteiger partial charge is 0.358 e. The summed E-state index contributed by atoms with van der Waals surface area (Å²) in [4.78, 5) is 0. The highest BCUT2D eigenvalue weighted by Crippen LogP contribution is 2.40. The molecule has 0 spiro atoms. The molecule has 0 radical (unpaired) electrons. The van der Waals surface area contributed by atoms with Crippen molar-refractivity contribution in [1.29, 1.82) is 0 Å². The molecule has 8 heteroatoms. The molecule has 3 aromatic rings. The molecule has 0 saturated carbocycles. The van der Waals surface area contributed by atoms with Crippen molar-refractivity contribution in [2.24, 2.45) is 0 Å². The molecule has 0 bridgehead atoms. The van der Waals surface area contributed by atoms with Gasteiger partial charge in [0.15, 0.2) is 0 Å². The third-order valence-corrected chi connectivity index (χ3v) is 5.51. The van der Waals surface area contributed by atoms with Crippen LogP contribution in [-0.4, -0.2) is 27.1 Å². The van der Waals surface area contributed by atoms with Crippen LogP contribution in [0.15, 0.2) is 91.0 Å². The van der Waals surface area contributed by atoms with E-state index in [1.54, 1.807) is 0 Å². The van der Waals surface area contributed by atoms with E-state index in [0.29, 0.717) is 0 Å². The molecule has 0 heterocycles. The Kier molecular flexibility index (Phi) is 6.60. The lowest BCUT2D eigenvalue weighted by Gasteiger charge is -2.36. The zero-order valence-corrected chi connectivity index (χ0v) is 16.6. The van der Waals surface area contributed by atoms with Crippen molar-refractivity contribution in [2.75, 3.05) is 13.2 Å². The Labute approximate surface area is 173 Å². The van der Waals surface area contributed by atoms with Crippen LogP contribution in [0, 0.1) is 0 Å². The van der Waals surface area contributed by atoms with Crippen LogP contribution in [0.5, 0.6) is 0 Å². The van der Waals surface area contributed by atoms with E-state index in [9.17, 15) is 21.6 Å². The van der Waals surface area contributed by atoms with Crippen molar-refractivity contribution < 1.29 is 30.5 Å². The molecule has 0 aliphatic heterocycles. The highest BCUT2D eigenvalue weighted by Gasteiger charge is 2.47. The van der Waals surface area contributed by atoms with Crippen molar-refractivity contribution in [3.05, 3.63) is 108 Å². The molecule has 30 heavy (non-hydrogen) atoms. The molecule has 4 nitrogen and oxygen atoms in total. The topological polar surface area (TPSA) is 52.6 Å². The van der Waals surface area contributed by atoms with Crippen molar-refractivity contribution >= 4 is 10.1 Å². The van der Waals surface area contributed by atoms with E-state index in [2.05, 4.69) is 4.18 Å². The molecule has 3 aromatic carbocycles. The van der Waals surface area contributed by atoms with Crippen LogP contribution < -0.4 is 0 Å². The van der Waals surface area contributed by atoms with Gasteiger partial charge in [0.2, 0.25) is 0 Å². The second-order valence-corrected chi connectivity index (χ2v) is 7.96. The standard InChI is InChI=1S/C22H19F3O4S/c23-22(24,25)30(26,27)29-17-16-28-21(18-10-4-1-5-11-18,19-12-6-2-7-13-19)20-14-8-3-9-15-20/h1-15H,16-17H2. The van der Waals surface area contributed by atoms with Crippen LogP contribution in [-0.2, 0) is 24.6 Å². The van der Waals surface area contributed by atoms with E-state index in [0.717, 1.165) is 16.7 Å². The molecule has 158 valence electrons. The average molecular weight is 436 g/mol. The van der Waals surface area contributed by atoms with Crippen molar-refractivity contribution in [2.45, 2.75) is 11.1 Å². The summed E-state index contributed by atoms with van der Waals surface area (Å²) in [7, 11) is -5.69. The second-order valence-electron chi connectivity index (χ2n) is 6.35. The second kappa shape index (κ2) is 8.99. The molecule has 0 fully saturated rings. The average Bonchev–Trinajstić information content (AvgIpc) is 2.75. The number of halogens is 3. The fourth-order valence-corrected chi connectivity index (χ4v) is 3.59. The summed E-state index contributed by atoms with van der Waals surface area (Å²) in [6.45, 7) is -1.18. The van der Waals surface area contributed by atoms with Crippen molar-refractivity contribution in [3.8, 4) is 0 Å². The Balaban J connectivity index is 2.00. The summed E-state index contributed by atoms with van der Waals surface area (Å²) in [5, 5.41) is 0. The minimum atomic E-state index is -5.69. The van der Waals surface area contributed by atoms with Crippen LogP contribution in [0.25, 0.3) is 0 Å². The van der Waals surface area contributed by atoms with Crippen LogP contribution in [0.1, 0.15) is 16.7 Å². The Hall–Kier alpha value is -2.68. The first-order chi connectivity index (χ1) is 14.3. The zero-order valence-electron chi connectivity index (χ0n) is 15.7. The molecule has 0 unspecified atom stereocenters. The number of rotatable bonds is 8. The van der Waals surface area contributed by atoms with Gasteiger partial charge in [-0.1, -0.05) is 91.0 Å². The van der Waals surface area contributed by atoms with Gasteiger partial charge in [0.05, 0.1) is 13.2 Å². The van der Waals surface area contributed by atoms with Gasteiger partial charge in [0.25, 0.3) is 0 Å². The molecule has 0 N–H and O–H groups in total.